The van der Waals surface area contributed by atoms with E-state index in [0.29, 0.717) is 10.7 Å². The fraction of sp³-hybridized carbons (Fsp3) is 0.214. The lowest BCUT2D eigenvalue weighted by Gasteiger charge is -2.15. The van der Waals surface area contributed by atoms with Crippen molar-refractivity contribution in [3.63, 3.8) is 0 Å². The molecule has 0 aliphatic heterocycles. The minimum absolute atomic E-state index is 0.162. The fourth-order valence-electron chi connectivity index (χ4n) is 2.03. The van der Waals surface area contributed by atoms with Crippen molar-refractivity contribution in [3.05, 3.63) is 52.9 Å². The molecule has 20 heavy (non-hydrogen) atoms. The molecule has 2 aromatic heterocycles. The van der Waals surface area contributed by atoms with Crippen LogP contribution in [0.25, 0.3) is 5.65 Å². The average Bonchev–Trinajstić information content (AvgIpc) is 2.83. The number of halogens is 1. The molecule has 0 aliphatic carbocycles. The SMILES string of the molecule is Cc1nnc2c(C(C)Oc3ccc(Cl)cc3)ccnn12. The Hall–Kier alpha value is -2.14. The van der Waals surface area contributed by atoms with Crippen LogP contribution in [0, 0.1) is 6.92 Å². The molecule has 5 nitrogen and oxygen atoms in total. The van der Waals surface area contributed by atoms with Crippen molar-refractivity contribution < 1.29 is 4.74 Å². The summed E-state index contributed by atoms with van der Waals surface area (Å²) in [5.74, 6) is 1.51. The summed E-state index contributed by atoms with van der Waals surface area (Å²) in [5, 5.41) is 13.1. The van der Waals surface area contributed by atoms with Crippen LogP contribution < -0.4 is 4.74 Å². The van der Waals surface area contributed by atoms with E-state index in [-0.39, 0.29) is 6.10 Å². The lowest BCUT2D eigenvalue weighted by molar-refractivity contribution is 0.227. The Morgan fingerprint density at radius 1 is 1.15 bits per heavy atom. The van der Waals surface area contributed by atoms with Gasteiger partial charge >= 0.3 is 0 Å². The Morgan fingerprint density at radius 3 is 2.65 bits per heavy atom. The average molecular weight is 289 g/mol. The highest BCUT2D eigenvalue weighted by molar-refractivity contribution is 6.30. The van der Waals surface area contributed by atoms with E-state index >= 15 is 0 Å². The third-order valence-electron chi connectivity index (χ3n) is 3.06. The minimum atomic E-state index is -0.162. The van der Waals surface area contributed by atoms with Crippen LogP contribution >= 0.6 is 11.6 Å². The normalized spacial score (nSPS) is 12.6. The Morgan fingerprint density at radius 2 is 1.90 bits per heavy atom. The van der Waals surface area contributed by atoms with Gasteiger partial charge in [-0.3, -0.25) is 0 Å². The zero-order valence-electron chi connectivity index (χ0n) is 11.1. The minimum Gasteiger partial charge on any atom is -0.486 e. The molecule has 0 N–H and O–H groups in total. The largest absolute Gasteiger partial charge is 0.486 e. The first-order valence-corrected chi connectivity index (χ1v) is 6.62. The second-order valence-corrected chi connectivity index (χ2v) is 4.92. The molecule has 0 spiro atoms. The molecule has 1 aromatic carbocycles. The predicted octanol–water partition coefficient (Wildman–Crippen LogP) is 3.23. The molecule has 0 amide bonds. The van der Waals surface area contributed by atoms with E-state index in [4.69, 9.17) is 16.3 Å². The maximum absolute atomic E-state index is 5.91. The molecule has 0 saturated carbocycles. The van der Waals surface area contributed by atoms with Crippen molar-refractivity contribution in [3.8, 4) is 5.75 Å². The standard InChI is InChI=1S/C14H13ClN4O/c1-9(20-12-5-3-11(15)4-6-12)13-7-8-16-19-10(2)17-18-14(13)19/h3-9H,1-2H3. The van der Waals surface area contributed by atoms with E-state index in [1.165, 1.54) is 0 Å². The molecule has 102 valence electrons. The number of ether oxygens (including phenoxy) is 1. The lowest BCUT2D eigenvalue weighted by Crippen LogP contribution is -2.07. The van der Waals surface area contributed by atoms with Gasteiger partial charge in [0, 0.05) is 16.8 Å². The molecule has 3 rings (SSSR count). The van der Waals surface area contributed by atoms with Crippen LogP contribution in [-0.2, 0) is 0 Å². The second-order valence-electron chi connectivity index (χ2n) is 4.48. The van der Waals surface area contributed by atoms with E-state index in [9.17, 15) is 0 Å². The van der Waals surface area contributed by atoms with E-state index in [2.05, 4.69) is 15.3 Å². The molecule has 0 bridgehead atoms. The molecule has 0 radical (unpaired) electrons. The number of rotatable bonds is 3. The molecular weight excluding hydrogens is 276 g/mol. The first kappa shape index (κ1) is 12.9. The van der Waals surface area contributed by atoms with Crippen molar-refractivity contribution in [2.24, 2.45) is 0 Å². The molecular formula is C14H13ClN4O. The fourth-order valence-corrected chi connectivity index (χ4v) is 2.15. The summed E-state index contributed by atoms with van der Waals surface area (Å²) in [5.41, 5.74) is 1.65. The molecule has 1 atom stereocenters. The van der Waals surface area contributed by atoms with Gasteiger partial charge in [0.15, 0.2) is 11.5 Å². The van der Waals surface area contributed by atoms with Crippen LogP contribution in [0.4, 0.5) is 0 Å². The smallest absolute Gasteiger partial charge is 0.184 e. The van der Waals surface area contributed by atoms with Gasteiger partial charge in [-0.25, -0.2) is 0 Å². The highest BCUT2D eigenvalue weighted by atomic mass is 35.5. The van der Waals surface area contributed by atoms with Crippen LogP contribution in [0.15, 0.2) is 36.5 Å². The van der Waals surface area contributed by atoms with Crippen LogP contribution in [0.3, 0.4) is 0 Å². The van der Waals surface area contributed by atoms with Gasteiger partial charge in [0.2, 0.25) is 0 Å². The number of aryl methyl sites for hydroxylation is 1. The third kappa shape index (κ3) is 2.32. The summed E-state index contributed by atoms with van der Waals surface area (Å²) < 4.78 is 7.61. The number of fused-ring (bicyclic) bond motifs is 1. The molecule has 1 unspecified atom stereocenters. The van der Waals surface area contributed by atoms with Gasteiger partial charge in [-0.1, -0.05) is 11.6 Å². The van der Waals surface area contributed by atoms with E-state index < -0.39 is 0 Å². The van der Waals surface area contributed by atoms with Gasteiger partial charge in [-0.05, 0) is 44.2 Å². The lowest BCUT2D eigenvalue weighted by atomic mass is 10.2. The molecule has 6 heteroatoms. The van der Waals surface area contributed by atoms with Crippen molar-refractivity contribution in [1.29, 1.82) is 0 Å². The highest BCUT2D eigenvalue weighted by Gasteiger charge is 2.15. The topological polar surface area (TPSA) is 52.3 Å². The van der Waals surface area contributed by atoms with Crippen molar-refractivity contribution in [1.82, 2.24) is 19.8 Å². The van der Waals surface area contributed by atoms with Gasteiger partial charge in [0.25, 0.3) is 0 Å². The van der Waals surface area contributed by atoms with E-state index in [1.807, 2.05) is 32.0 Å². The number of benzene rings is 1. The molecule has 3 aromatic rings. The van der Waals surface area contributed by atoms with Gasteiger partial charge in [0.1, 0.15) is 11.9 Å². The van der Waals surface area contributed by atoms with Gasteiger partial charge in [0.05, 0.1) is 0 Å². The zero-order chi connectivity index (χ0) is 14.1. The van der Waals surface area contributed by atoms with Crippen molar-refractivity contribution >= 4 is 17.2 Å². The van der Waals surface area contributed by atoms with Gasteiger partial charge in [-0.15, -0.1) is 10.2 Å². The summed E-state index contributed by atoms with van der Waals surface area (Å²) >= 11 is 5.86. The molecule has 0 saturated heterocycles. The molecule has 0 aliphatic rings. The van der Waals surface area contributed by atoms with E-state index in [0.717, 1.165) is 17.1 Å². The second kappa shape index (κ2) is 5.09. The Bertz CT molecular complexity index is 739. The highest BCUT2D eigenvalue weighted by Crippen LogP contribution is 2.24. The third-order valence-corrected chi connectivity index (χ3v) is 3.31. The number of hydrogen-bond acceptors (Lipinski definition) is 4. The summed E-state index contributed by atoms with van der Waals surface area (Å²) in [6.45, 7) is 3.83. The Labute approximate surface area is 121 Å². The zero-order valence-corrected chi connectivity index (χ0v) is 11.9. The number of aromatic nitrogens is 4. The monoisotopic (exact) mass is 288 g/mol. The molecule has 0 fully saturated rings. The molecule has 2 heterocycles. The summed E-state index contributed by atoms with van der Waals surface area (Å²) in [7, 11) is 0. The van der Waals surface area contributed by atoms with Crippen LogP contribution in [0.5, 0.6) is 5.75 Å². The summed E-state index contributed by atoms with van der Waals surface area (Å²) in [6, 6.07) is 9.17. The maximum atomic E-state index is 5.91. The van der Waals surface area contributed by atoms with Crippen LogP contribution in [-0.4, -0.2) is 19.8 Å². The van der Waals surface area contributed by atoms with Crippen molar-refractivity contribution in [2.45, 2.75) is 20.0 Å². The number of nitrogens with zero attached hydrogens (tertiary/aromatic N) is 4. The Balaban J connectivity index is 1.92. The summed E-state index contributed by atoms with van der Waals surface area (Å²) in [4.78, 5) is 0. The number of hydrogen-bond donors (Lipinski definition) is 0. The van der Waals surface area contributed by atoms with Crippen LogP contribution in [0.2, 0.25) is 5.02 Å². The van der Waals surface area contributed by atoms with Crippen LogP contribution in [0.1, 0.15) is 24.4 Å². The Kier molecular flexibility index (Phi) is 3.28. The van der Waals surface area contributed by atoms with E-state index in [1.54, 1.807) is 22.8 Å². The van der Waals surface area contributed by atoms with Gasteiger partial charge in [-0.2, -0.15) is 9.61 Å². The first-order chi connectivity index (χ1) is 9.65. The maximum Gasteiger partial charge on any atom is 0.184 e. The first-order valence-electron chi connectivity index (χ1n) is 6.24. The van der Waals surface area contributed by atoms with Crippen molar-refractivity contribution in [2.75, 3.05) is 0 Å². The van der Waals surface area contributed by atoms with Gasteiger partial charge < -0.3 is 4.74 Å². The summed E-state index contributed by atoms with van der Waals surface area (Å²) in [6.07, 6.45) is 1.56. The quantitative estimate of drug-likeness (QED) is 0.742. The predicted molar refractivity (Wildman–Crippen MR) is 76.0 cm³/mol.